The highest BCUT2D eigenvalue weighted by atomic mass is 35.5. The Labute approximate surface area is 111 Å². The van der Waals surface area contributed by atoms with E-state index in [1.54, 1.807) is 11.3 Å². The fourth-order valence-corrected chi connectivity index (χ4v) is 3.64. The number of nitrogens with zero attached hydrogens (tertiary/aromatic N) is 2. The zero-order valence-electron chi connectivity index (χ0n) is 10.3. The van der Waals surface area contributed by atoms with Crippen LogP contribution in [0.25, 0.3) is 0 Å². The first kappa shape index (κ1) is 13.3. The molecule has 0 aromatic carbocycles. The number of halogens is 1. The maximum absolute atomic E-state index is 9.47. The molecule has 1 saturated heterocycles. The van der Waals surface area contributed by atoms with Gasteiger partial charge in [-0.25, -0.2) is 4.98 Å². The lowest BCUT2D eigenvalue weighted by Crippen LogP contribution is -2.37. The molecule has 3 nitrogen and oxygen atoms in total. The van der Waals surface area contributed by atoms with Gasteiger partial charge in [0.15, 0.2) is 0 Å². The third kappa shape index (κ3) is 2.65. The second kappa shape index (κ2) is 5.65. The van der Waals surface area contributed by atoms with Gasteiger partial charge in [0.1, 0.15) is 5.01 Å². The van der Waals surface area contributed by atoms with E-state index in [0.717, 1.165) is 23.7 Å². The molecule has 2 rings (SSSR count). The normalized spacial score (nSPS) is 27.5. The van der Waals surface area contributed by atoms with E-state index in [0.29, 0.717) is 11.8 Å². The molecule has 0 saturated carbocycles. The number of aliphatic hydroxyl groups is 1. The molecule has 1 fully saturated rings. The number of thiazole rings is 1. The second-order valence-electron chi connectivity index (χ2n) is 4.74. The molecule has 0 spiro atoms. The molecule has 1 aromatic heterocycles. The first-order valence-electron chi connectivity index (χ1n) is 6.04. The molecule has 5 heteroatoms. The first-order valence-corrected chi connectivity index (χ1v) is 7.45. The highest BCUT2D eigenvalue weighted by molar-refractivity contribution is 7.09. The molecule has 1 aliphatic heterocycles. The number of aliphatic hydroxyl groups excluding tert-OH is 1. The summed E-state index contributed by atoms with van der Waals surface area (Å²) in [6, 6.07) is 0.549. The van der Waals surface area contributed by atoms with Gasteiger partial charge in [-0.2, -0.15) is 0 Å². The van der Waals surface area contributed by atoms with E-state index in [1.807, 2.05) is 5.38 Å². The predicted molar refractivity (Wildman–Crippen MR) is 71.4 cm³/mol. The molecule has 96 valence electrons. The summed E-state index contributed by atoms with van der Waals surface area (Å²) in [5.41, 5.74) is 0.950. The molecular weight excluding hydrogens is 256 g/mol. The average Bonchev–Trinajstić information content (AvgIpc) is 2.94. The van der Waals surface area contributed by atoms with Crippen molar-refractivity contribution in [2.24, 2.45) is 5.92 Å². The lowest BCUT2D eigenvalue weighted by Gasteiger charge is -2.29. The number of hydrogen-bond donors (Lipinski definition) is 1. The van der Waals surface area contributed by atoms with E-state index < -0.39 is 0 Å². The lowest BCUT2D eigenvalue weighted by molar-refractivity contribution is 0.109. The number of rotatable bonds is 4. The third-order valence-corrected chi connectivity index (χ3v) is 5.01. The zero-order valence-corrected chi connectivity index (χ0v) is 11.8. The molecule has 0 radical (unpaired) electrons. The van der Waals surface area contributed by atoms with Crippen LogP contribution < -0.4 is 0 Å². The molecule has 3 atom stereocenters. The van der Waals surface area contributed by atoms with Gasteiger partial charge in [0, 0.05) is 11.4 Å². The smallest absolute Gasteiger partial charge is 0.110 e. The number of hydrogen-bond acceptors (Lipinski definition) is 4. The van der Waals surface area contributed by atoms with E-state index in [9.17, 15) is 5.11 Å². The highest BCUT2D eigenvalue weighted by Crippen LogP contribution is 2.33. The monoisotopic (exact) mass is 274 g/mol. The Morgan fingerprint density at radius 1 is 1.71 bits per heavy atom. The van der Waals surface area contributed by atoms with Crippen LogP contribution in [-0.4, -0.2) is 34.2 Å². The zero-order chi connectivity index (χ0) is 12.4. The summed E-state index contributed by atoms with van der Waals surface area (Å²) >= 11 is 7.44. The summed E-state index contributed by atoms with van der Waals surface area (Å²) in [5.74, 6) is 1.04. The standard InChI is InChI=1S/C12H19ClN2OS/c1-8-3-4-15(11(8)6-16)9(2)12-14-10(5-13)7-17-12/h7-9,11,16H,3-6H2,1-2H3. The van der Waals surface area contributed by atoms with E-state index in [1.165, 1.54) is 0 Å². The molecule has 1 N–H and O–H groups in total. The molecular formula is C12H19ClN2OS. The summed E-state index contributed by atoms with van der Waals surface area (Å²) in [7, 11) is 0. The van der Waals surface area contributed by atoms with Gasteiger partial charge in [0.25, 0.3) is 0 Å². The summed E-state index contributed by atoms with van der Waals surface area (Å²) in [6.45, 7) is 5.65. The molecule has 1 aromatic rings. The lowest BCUT2D eigenvalue weighted by atomic mass is 10.0. The van der Waals surface area contributed by atoms with Gasteiger partial charge in [0.05, 0.1) is 24.2 Å². The fourth-order valence-electron chi connectivity index (χ4n) is 2.52. The first-order chi connectivity index (χ1) is 8.17. The minimum atomic E-state index is 0.235. The van der Waals surface area contributed by atoms with Crippen LogP contribution in [0.5, 0.6) is 0 Å². The van der Waals surface area contributed by atoms with E-state index in [4.69, 9.17) is 11.6 Å². The van der Waals surface area contributed by atoms with Crippen molar-refractivity contribution in [1.82, 2.24) is 9.88 Å². The van der Waals surface area contributed by atoms with Crippen molar-refractivity contribution in [2.75, 3.05) is 13.2 Å². The number of alkyl halides is 1. The van der Waals surface area contributed by atoms with Crippen molar-refractivity contribution < 1.29 is 5.11 Å². The minimum absolute atomic E-state index is 0.235. The number of aromatic nitrogens is 1. The van der Waals surface area contributed by atoms with Crippen LogP contribution in [0.3, 0.4) is 0 Å². The Morgan fingerprint density at radius 3 is 3.06 bits per heavy atom. The Bertz CT molecular complexity index is 371. The largest absolute Gasteiger partial charge is 0.395 e. The van der Waals surface area contributed by atoms with Gasteiger partial charge in [0.2, 0.25) is 0 Å². The van der Waals surface area contributed by atoms with Crippen molar-refractivity contribution in [2.45, 2.75) is 38.2 Å². The van der Waals surface area contributed by atoms with E-state index in [-0.39, 0.29) is 18.7 Å². The highest BCUT2D eigenvalue weighted by Gasteiger charge is 2.34. The van der Waals surface area contributed by atoms with Crippen LogP contribution >= 0.6 is 22.9 Å². The predicted octanol–water partition coefficient (Wildman–Crippen LogP) is 2.65. The Hall–Kier alpha value is -0.160. The topological polar surface area (TPSA) is 36.4 Å². The van der Waals surface area contributed by atoms with Gasteiger partial charge in [-0.3, -0.25) is 4.90 Å². The minimum Gasteiger partial charge on any atom is -0.395 e. The molecule has 0 aliphatic carbocycles. The van der Waals surface area contributed by atoms with Gasteiger partial charge < -0.3 is 5.11 Å². The second-order valence-corrected chi connectivity index (χ2v) is 5.90. The fraction of sp³-hybridized carbons (Fsp3) is 0.750. The van der Waals surface area contributed by atoms with Crippen LogP contribution in [-0.2, 0) is 5.88 Å². The summed E-state index contributed by atoms with van der Waals surface area (Å²) in [6.07, 6.45) is 1.16. The molecule has 2 heterocycles. The molecule has 3 unspecified atom stereocenters. The Morgan fingerprint density at radius 2 is 2.47 bits per heavy atom. The molecule has 0 bridgehead atoms. The van der Waals surface area contributed by atoms with Crippen LogP contribution in [0, 0.1) is 5.92 Å². The Kier molecular flexibility index (Phi) is 4.42. The quantitative estimate of drug-likeness (QED) is 0.858. The maximum atomic E-state index is 9.47. The van der Waals surface area contributed by atoms with Gasteiger partial charge in [-0.05, 0) is 25.8 Å². The van der Waals surface area contributed by atoms with Crippen LogP contribution in [0.1, 0.15) is 37.0 Å². The van der Waals surface area contributed by atoms with Crippen molar-refractivity contribution >= 4 is 22.9 Å². The number of likely N-dealkylation sites (tertiary alicyclic amines) is 1. The van der Waals surface area contributed by atoms with Crippen LogP contribution in [0.15, 0.2) is 5.38 Å². The van der Waals surface area contributed by atoms with Crippen molar-refractivity contribution in [1.29, 1.82) is 0 Å². The van der Waals surface area contributed by atoms with Crippen LogP contribution in [0.2, 0.25) is 0 Å². The van der Waals surface area contributed by atoms with Gasteiger partial charge in [-0.1, -0.05) is 6.92 Å². The van der Waals surface area contributed by atoms with Crippen molar-refractivity contribution in [3.05, 3.63) is 16.1 Å². The third-order valence-electron chi connectivity index (χ3n) is 3.67. The summed E-state index contributed by atoms with van der Waals surface area (Å²) in [5, 5.41) is 12.6. The van der Waals surface area contributed by atoms with Gasteiger partial charge >= 0.3 is 0 Å². The van der Waals surface area contributed by atoms with Crippen molar-refractivity contribution in [3.8, 4) is 0 Å². The summed E-state index contributed by atoms with van der Waals surface area (Å²) < 4.78 is 0. The van der Waals surface area contributed by atoms with Crippen LogP contribution in [0.4, 0.5) is 0 Å². The average molecular weight is 275 g/mol. The van der Waals surface area contributed by atoms with Gasteiger partial charge in [-0.15, -0.1) is 22.9 Å². The van der Waals surface area contributed by atoms with Crippen molar-refractivity contribution in [3.63, 3.8) is 0 Å². The maximum Gasteiger partial charge on any atom is 0.110 e. The SMILES string of the molecule is CC1CCN(C(C)c2nc(CCl)cs2)C1CO. The van der Waals surface area contributed by atoms with E-state index >= 15 is 0 Å². The molecule has 17 heavy (non-hydrogen) atoms. The summed E-state index contributed by atoms with van der Waals surface area (Å²) in [4.78, 5) is 6.89. The Balaban J connectivity index is 2.11. The molecule has 1 aliphatic rings. The van der Waals surface area contributed by atoms with E-state index in [2.05, 4.69) is 23.7 Å². The molecule has 0 amide bonds.